The Labute approximate surface area is 212 Å². The standard InChI is InChI=1S/C28H24FN3O5/c1-35-24-15-19-21(16-25(24)36-2)31-14-11-23(19)37-18-9-7-17(8-10-18)32(22-6-4-3-5-20(22)29)27(34)28(12-13-28)26(30)33/h3-11,14-16H,12-13H2,1-2H3,(H2,30,33). The summed E-state index contributed by atoms with van der Waals surface area (Å²) in [7, 11) is 3.10. The van der Waals surface area contributed by atoms with Crippen LogP contribution in [0.1, 0.15) is 12.8 Å². The van der Waals surface area contributed by atoms with E-state index in [1.54, 1.807) is 68.9 Å². The van der Waals surface area contributed by atoms with Crippen LogP contribution in [0.5, 0.6) is 23.0 Å². The van der Waals surface area contributed by atoms with Crippen molar-refractivity contribution in [2.75, 3.05) is 19.1 Å². The van der Waals surface area contributed by atoms with Crippen molar-refractivity contribution in [2.45, 2.75) is 12.8 Å². The fraction of sp³-hybridized carbons (Fsp3) is 0.179. The van der Waals surface area contributed by atoms with Gasteiger partial charge in [0.15, 0.2) is 11.5 Å². The fourth-order valence-electron chi connectivity index (χ4n) is 4.23. The Hall–Kier alpha value is -4.66. The number of benzene rings is 3. The zero-order chi connectivity index (χ0) is 26.2. The van der Waals surface area contributed by atoms with Crippen molar-refractivity contribution in [2.24, 2.45) is 11.1 Å². The Morgan fingerprint density at radius 3 is 2.24 bits per heavy atom. The number of nitrogens with zero attached hydrogens (tertiary/aromatic N) is 2. The largest absolute Gasteiger partial charge is 0.493 e. The zero-order valence-corrected chi connectivity index (χ0v) is 20.2. The molecule has 0 aliphatic heterocycles. The zero-order valence-electron chi connectivity index (χ0n) is 20.2. The van der Waals surface area contributed by atoms with Gasteiger partial charge in [0.25, 0.3) is 0 Å². The van der Waals surface area contributed by atoms with E-state index in [0.717, 1.165) is 0 Å². The van der Waals surface area contributed by atoms with Gasteiger partial charge >= 0.3 is 0 Å². The molecule has 188 valence electrons. The van der Waals surface area contributed by atoms with Crippen LogP contribution in [-0.4, -0.2) is 31.0 Å². The van der Waals surface area contributed by atoms with Gasteiger partial charge in [-0.25, -0.2) is 4.39 Å². The monoisotopic (exact) mass is 501 g/mol. The second-order valence-corrected chi connectivity index (χ2v) is 8.67. The molecule has 1 aromatic heterocycles. The van der Waals surface area contributed by atoms with Gasteiger partial charge in [-0.3, -0.25) is 19.5 Å². The maximum atomic E-state index is 14.8. The van der Waals surface area contributed by atoms with Crippen molar-refractivity contribution in [1.29, 1.82) is 0 Å². The van der Waals surface area contributed by atoms with Gasteiger partial charge in [0.2, 0.25) is 11.8 Å². The summed E-state index contributed by atoms with van der Waals surface area (Å²) >= 11 is 0. The number of hydrogen-bond donors (Lipinski definition) is 1. The van der Waals surface area contributed by atoms with E-state index in [2.05, 4.69) is 4.98 Å². The molecule has 9 heteroatoms. The third kappa shape index (κ3) is 4.29. The first-order valence-electron chi connectivity index (χ1n) is 11.6. The SMILES string of the molecule is COc1cc2nccc(Oc3ccc(N(C(=O)C4(C(N)=O)CC4)c4ccccc4F)cc3)c2cc1OC. The molecule has 1 fully saturated rings. The summed E-state index contributed by atoms with van der Waals surface area (Å²) < 4.78 is 31.6. The van der Waals surface area contributed by atoms with E-state index in [9.17, 15) is 14.0 Å². The van der Waals surface area contributed by atoms with E-state index in [1.165, 1.54) is 23.1 Å². The predicted octanol–water partition coefficient (Wildman–Crippen LogP) is 5.11. The molecular formula is C28H24FN3O5. The predicted molar refractivity (Wildman–Crippen MR) is 136 cm³/mol. The highest BCUT2D eigenvalue weighted by Gasteiger charge is 2.57. The molecule has 1 heterocycles. The molecule has 1 aliphatic carbocycles. The summed E-state index contributed by atoms with van der Waals surface area (Å²) in [6.45, 7) is 0. The van der Waals surface area contributed by atoms with Crippen molar-refractivity contribution in [3.63, 3.8) is 0 Å². The number of hydrogen-bond acceptors (Lipinski definition) is 6. The average Bonchev–Trinajstić information content (AvgIpc) is 3.73. The van der Waals surface area contributed by atoms with Gasteiger partial charge < -0.3 is 19.9 Å². The summed E-state index contributed by atoms with van der Waals surface area (Å²) in [6.07, 6.45) is 2.28. The van der Waals surface area contributed by atoms with Crippen LogP contribution >= 0.6 is 0 Å². The molecule has 1 aliphatic rings. The number of para-hydroxylation sites is 1. The number of carbonyl (C=O) groups excluding carboxylic acids is 2. The second kappa shape index (κ2) is 9.42. The van der Waals surface area contributed by atoms with Crippen molar-refractivity contribution in [3.05, 3.63) is 78.7 Å². The number of anilines is 2. The van der Waals surface area contributed by atoms with Gasteiger partial charge in [0.05, 0.1) is 25.4 Å². The molecule has 5 rings (SSSR count). The van der Waals surface area contributed by atoms with Crippen LogP contribution in [0.4, 0.5) is 15.8 Å². The summed E-state index contributed by atoms with van der Waals surface area (Å²) in [4.78, 5) is 31.1. The number of pyridine rings is 1. The van der Waals surface area contributed by atoms with E-state index < -0.39 is 23.0 Å². The molecule has 37 heavy (non-hydrogen) atoms. The van der Waals surface area contributed by atoms with E-state index in [0.29, 0.717) is 52.4 Å². The minimum atomic E-state index is -1.33. The molecular weight excluding hydrogens is 477 g/mol. The minimum absolute atomic E-state index is 0.0369. The Bertz CT molecular complexity index is 1500. The third-order valence-corrected chi connectivity index (χ3v) is 6.46. The van der Waals surface area contributed by atoms with E-state index in [4.69, 9.17) is 19.9 Å². The minimum Gasteiger partial charge on any atom is -0.493 e. The number of carbonyl (C=O) groups is 2. The molecule has 4 aromatic rings. The van der Waals surface area contributed by atoms with Gasteiger partial charge in [-0.1, -0.05) is 12.1 Å². The van der Waals surface area contributed by atoms with Crippen molar-refractivity contribution < 1.29 is 28.2 Å². The highest BCUT2D eigenvalue weighted by molar-refractivity contribution is 6.16. The first-order valence-corrected chi connectivity index (χ1v) is 11.6. The van der Waals surface area contributed by atoms with Crippen molar-refractivity contribution >= 4 is 34.1 Å². The van der Waals surface area contributed by atoms with E-state index in [1.807, 2.05) is 0 Å². The second-order valence-electron chi connectivity index (χ2n) is 8.67. The Kier molecular flexibility index (Phi) is 6.12. The maximum Gasteiger partial charge on any atom is 0.247 e. The lowest BCUT2D eigenvalue weighted by Gasteiger charge is -2.27. The van der Waals surface area contributed by atoms with Crippen LogP contribution in [-0.2, 0) is 9.59 Å². The third-order valence-electron chi connectivity index (χ3n) is 6.46. The molecule has 3 aromatic carbocycles. The molecule has 8 nitrogen and oxygen atoms in total. The lowest BCUT2D eigenvalue weighted by molar-refractivity contribution is -0.133. The highest BCUT2D eigenvalue weighted by atomic mass is 19.1. The van der Waals surface area contributed by atoms with E-state index >= 15 is 0 Å². The maximum absolute atomic E-state index is 14.8. The van der Waals surface area contributed by atoms with Gasteiger partial charge in [-0.05, 0) is 61.4 Å². The number of ether oxygens (including phenoxy) is 3. The molecule has 2 N–H and O–H groups in total. The molecule has 1 saturated carbocycles. The number of fused-ring (bicyclic) bond motifs is 1. The molecule has 0 unspecified atom stereocenters. The highest BCUT2D eigenvalue weighted by Crippen LogP contribution is 2.49. The van der Waals surface area contributed by atoms with Crippen LogP contribution in [0.15, 0.2) is 72.9 Å². The van der Waals surface area contributed by atoms with Crippen LogP contribution in [0.25, 0.3) is 10.9 Å². The smallest absolute Gasteiger partial charge is 0.247 e. The molecule has 0 bridgehead atoms. The van der Waals surface area contributed by atoms with Gasteiger partial charge in [0.1, 0.15) is 22.7 Å². The summed E-state index contributed by atoms with van der Waals surface area (Å²) in [5, 5.41) is 0.713. The summed E-state index contributed by atoms with van der Waals surface area (Å²) in [6, 6.07) is 17.7. The normalized spacial score (nSPS) is 13.6. The topological polar surface area (TPSA) is 104 Å². The van der Waals surface area contributed by atoms with Crippen molar-refractivity contribution in [3.8, 4) is 23.0 Å². The Morgan fingerprint density at radius 1 is 0.946 bits per heavy atom. The number of methoxy groups -OCH3 is 2. The van der Waals surface area contributed by atoms with Crippen LogP contribution in [0.3, 0.4) is 0 Å². The van der Waals surface area contributed by atoms with Gasteiger partial charge in [-0.15, -0.1) is 0 Å². The lowest BCUT2D eigenvalue weighted by atomic mass is 10.0. The average molecular weight is 502 g/mol. The van der Waals surface area contributed by atoms with Gasteiger partial charge in [0, 0.05) is 23.3 Å². The first-order chi connectivity index (χ1) is 17.9. The number of amides is 2. The van der Waals surface area contributed by atoms with Crippen LogP contribution in [0.2, 0.25) is 0 Å². The van der Waals surface area contributed by atoms with Crippen LogP contribution < -0.4 is 24.8 Å². The molecule has 0 spiro atoms. The summed E-state index contributed by atoms with van der Waals surface area (Å²) in [5.41, 5.74) is 5.28. The molecule has 0 atom stereocenters. The van der Waals surface area contributed by atoms with Gasteiger partial charge in [-0.2, -0.15) is 0 Å². The Balaban J connectivity index is 1.49. The van der Waals surface area contributed by atoms with Crippen molar-refractivity contribution in [1.82, 2.24) is 4.98 Å². The van der Waals surface area contributed by atoms with Crippen LogP contribution in [0, 0.1) is 11.2 Å². The summed E-state index contributed by atoms with van der Waals surface area (Å²) in [5.74, 6) is 0.228. The number of rotatable bonds is 8. The van der Waals surface area contributed by atoms with E-state index in [-0.39, 0.29) is 5.69 Å². The molecule has 2 amide bonds. The lowest BCUT2D eigenvalue weighted by Crippen LogP contribution is -2.41. The number of primary amides is 1. The fourth-order valence-corrected chi connectivity index (χ4v) is 4.23. The Morgan fingerprint density at radius 2 is 1.62 bits per heavy atom. The number of halogens is 1. The number of aromatic nitrogens is 1. The molecule has 0 radical (unpaired) electrons. The number of nitrogens with two attached hydrogens (primary N) is 1. The molecule has 0 saturated heterocycles. The first kappa shape index (κ1) is 24.1. The quantitative estimate of drug-likeness (QED) is 0.337.